The van der Waals surface area contributed by atoms with E-state index in [1.165, 1.54) is 16.0 Å². The Morgan fingerprint density at radius 2 is 0.932 bits per heavy atom. The zero-order valence-electron chi connectivity index (χ0n) is 42.7. The normalized spacial score (nSPS) is 20.0. The minimum Gasteiger partial charge on any atom is -0.480 e. The van der Waals surface area contributed by atoms with Crippen LogP contribution in [0.15, 0.2) is 24.6 Å². The summed E-state index contributed by atoms with van der Waals surface area (Å²) in [5.41, 5.74) is 3.30. The quantitative estimate of drug-likeness (QED) is 0.165. The molecule has 0 aromatic carbocycles. The molecule has 0 aliphatic carbocycles. The number of ether oxygens (including phenoxy) is 6. The average Bonchev–Trinajstić information content (AvgIpc) is 4.08. The maximum absolute atomic E-state index is 11.9. The standard InChI is InChI=1S/C12H19NO5.C12H19NO4.C10H16N2O3.C7H11NO3.C5H7NO3.3CH4.FH/c1-5-17-10(15)8-6-7-9(14)13(8)11(16)18-12(2,3)4;1-5-16-10(14)9-7-6-8-13(9)11(15)17-12(2,3)4;1-10(2,3)15-9(14)12-6-4-5-7(12)8(11)13;1-2-11-7(10)5-3-4-6(9)8-5;7-4-2-1-3(6-4)5(8)9;;;;/h8H,5-7H2,1-4H3;6,8-9H,5,7H2,1-4H3;4,6-7H,5H2,1-3H3,(H2,11,13);5H,2-4H2,1H3,(H,8,9);3H,1-2H2,(H,6,7)(H,8,9);3*1H4;1H/t8-;9-;7-;5-;3-;;;;/m00000..../s1. The van der Waals surface area contributed by atoms with Gasteiger partial charge in [0.05, 0.1) is 19.8 Å². The highest BCUT2D eigenvalue weighted by atomic mass is 19.0. The first-order valence-electron chi connectivity index (χ1n) is 22.9. The van der Waals surface area contributed by atoms with E-state index < -0.39 is 95.0 Å². The number of carbonyl (C=O) groups excluding carboxylic acids is 10. The fourth-order valence-electron chi connectivity index (χ4n) is 6.27. The number of esters is 3. The Kier molecular flexibility index (Phi) is 33.7. The lowest BCUT2D eigenvalue weighted by atomic mass is 10.2. The molecule has 3 fully saturated rings. The molecule has 5 N–H and O–H groups in total. The molecule has 0 unspecified atom stereocenters. The number of imide groups is 1. The third-order valence-corrected chi connectivity index (χ3v) is 9.24. The predicted molar refractivity (Wildman–Crippen MR) is 269 cm³/mol. The Hall–Kier alpha value is -6.82. The number of likely N-dealkylation sites (tertiary alicyclic amines) is 1. The lowest BCUT2D eigenvalue weighted by molar-refractivity contribution is -0.151. The first-order chi connectivity index (χ1) is 32.4. The van der Waals surface area contributed by atoms with Crippen molar-refractivity contribution >= 4 is 65.8 Å². The van der Waals surface area contributed by atoms with Crippen LogP contribution >= 0.6 is 0 Å². The highest BCUT2D eigenvalue weighted by Gasteiger charge is 2.43. The van der Waals surface area contributed by atoms with Gasteiger partial charge in [0.2, 0.25) is 23.6 Å². The molecule has 3 saturated heterocycles. The van der Waals surface area contributed by atoms with Crippen molar-refractivity contribution in [2.24, 2.45) is 5.73 Å². The Labute approximate surface area is 435 Å². The number of carbonyl (C=O) groups is 11. The molecule has 0 aromatic heterocycles. The van der Waals surface area contributed by atoms with Crippen LogP contribution in [0.2, 0.25) is 0 Å². The smallest absolute Gasteiger partial charge is 0.417 e. The second-order valence-electron chi connectivity index (χ2n) is 18.7. The van der Waals surface area contributed by atoms with Gasteiger partial charge in [0.25, 0.3) is 0 Å². The van der Waals surface area contributed by atoms with Crippen molar-refractivity contribution in [1.29, 1.82) is 0 Å². The number of carboxylic acid groups (broad SMARTS) is 1. The van der Waals surface area contributed by atoms with Gasteiger partial charge in [-0.05, 0) is 115 Å². The Morgan fingerprint density at radius 1 is 0.568 bits per heavy atom. The molecular weight excluding hydrogens is 980 g/mol. The largest absolute Gasteiger partial charge is 0.480 e. The van der Waals surface area contributed by atoms with E-state index in [9.17, 15) is 52.7 Å². The second kappa shape index (κ2) is 33.8. The summed E-state index contributed by atoms with van der Waals surface area (Å²) < 4.78 is 29.9. The third-order valence-electron chi connectivity index (χ3n) is 9.24. The average molecular weight is 1070 g/mol. The molecule has 0 radical (unpaired) electrons. The summed E-state index contributed by atoms with van der Waals surface area (Å²) in [6.07, 6.45) is 7.86. The maximum atomic E-state index is 11.9. The van der Waals surface area contributed by atoms with Crippen molar-refractivity contribution in [1.82, 2.24) is 25.3 Å². The van der Waals surface area contributed by atoms with Gasteiger partial charge in [-0.25, -0.2) is 38.5 Å². The number of halogens is 1. The number of nitrogens with two attached hydrogens (primary N) is 1. The summed E-state index contributed by atoms with van der Waals surface area (Å²) in [7, 11) is 0. The lowest BCUT2D eigenvalue weighted by Crippen LogP contribution is -2.46. The van der Waals surface area contributed by atoms with Gasteiger partial charge >= 0.3 is 42.2 Å². The highest BCUT2D eigenvalue weighted by Crippen LogP contribution is 2.24. The number of aliphatic carboxylic acids is 1. The topological polar surface area (TPSA) is 323 Å². The van der Waals surface area contributed by atoms with E-state index in [2.05, 4.69) is 10.6 Å². The van der Waals surface area contributed by atoms with Crippen molar-refractivity contribution in [3.63, 3.8) is 0 Å². The van der Waals surface area contributed by atoms with E-state index in [4.69, 9.17) is 39.3 Å². The van der Waals surface area contributed by atoms with Gasteiger partial charge in [-0.2, -0.15) is 0 Å². The number of primary amides is 1. The Balaban J connectivity index is -0.000000415. The number of nitrogens with zero attached hydrogens (tertiary/aromatic N) is 3. The molecule has 0 spiro atoms. The lowest BCUT2D eigenvalue weighted by Gasteiger charge is -2.26. The zero-order valence-corrected chi connectivity index (χ0v) is 42.7. The van der Waals surface area contributed by atoms with Gasteiger partial charge in [0.15, 0.2) is 0 Å². The van der Waals surface area contributed by atoms with Crippen molar-refractivity contribution < 1.29 is 91.0 Å². The van der Waals surface area contributed by atoms with E-state index in [0.29, 0.717) is 51.7 Å². The summed E-state index contributed by atoms with van der Waals surface area (Å²) in [6, 6.07) is -3.10. The van der Waals surface area contributed by atoms with Crippen LogP contribution in [0.5, 0.6) is 0 Å². The van der Waals surface area contributed by atoms with Crippen LogP contribution in [0.4, 0.5) is 19.1 Å². The number of amides is 7. The minimum atomic E-state index is -0.944. The van der Waals surface area contributed by atoms with Gasteiger partial charge in [-0.1, -0.05) is 34.4 Å². The Bertz CT molecular complexity index is 1960. The number of hydrogen-bond acceptors (Lipinski definition) is 17. The first kappa shape index (κ1) is 73.7. The maximum Gasteiger partial charge on any atom is 0.417 e. The molecule has 74 heavy (non-hydrogen) atoms. The molecule has 0 saturated carbocycles. The molecule has 24 nitrogen and oxygen atoms in total. The van der Waals surface area contributed by atoms with Crippen LogP contribution in [0.1, 0.15) is 157 Å². The number of rotatable bonds is 8. The number of nitrogens with one attached hydrogen (secondary N) is 2. The summed E-state index contributed by atoms with van der Waals surface area (Å²) in [4.78, 5) is 127. The van der Waals surface area contributed by atoms with Crippen LogP contribution < -0.4 is 16.4 Å². The fraction of sp³-hybridized carbons (Fsp3) is 0.694. The summed E-state index contributed by atoms with van der Waals surface area (Å²) in [6.45, 7) is 21.8. The predicted octanol–water partition coefficient (Wildman–Crippen LogP) is 5.78. The highest BCUT2D eigenvalue weighted by molar-refractivity contribution is 5.99. The van der Waals surface area contributed by atoms with Crippen molar-refractivity contribution in [2.75, 3.05) is 19.8 Å². The van der Waals surface area contributed by atoms with Crippen LogP contribution in [-0.4, -0.2) is 152 Å². The van der Waals surface area contributed by atoms with Gasteiger partial charge in [-0.3, -0.25) is 33.7 Å². The van der Waals surface area contributed by atoms with Crippen molar-refractivity contribution in [3.05, 3.63) is 24.6 Å². The zero-order chi connectivity index (χ0) is 53.7. The molecule has 5 heterocycles. The molecule has 25 heteroatoms. The summed E-state index contributed by atoms with van der Waals surface area (Å²) >= 11 is 0. The van der Waals surface area contributed by atoms with E-state index in [0.717, 1.165) is 4.90 Å². The third kappa shape index (κ3) is 26.8. The molecule has 7 amide bonds. The fourth-order valence-corrected chi connectivity index (χ4v) is 6.27. The minimum absolute atomic E-state index is 0. The van der Waals surface area contributed by atoms with E-state index in [-0.39, 0.29) is 64.2 Å². The van der Waals surface area contributed by atoms with Crippen LogP contribution in [0, 0.1) is 0 Å². The molecular formula is C49H85FN6O18. The van der Waals surface area contributed by atoms with E-state index in [1.807, 2.05) is 0 Å². The molecule has 5 aliphatic rings. The van der Waals surface area contributed by atoms with Crippen LogP contribution in [0.25, 0.3) is 0 Å². The summed E-state index contributed by atoms with van der Waals surface area (Å²) in [5.74, 6) is -3.38. The van der Waals surface area contributed by atoms with Gasteiger partial charge in [0.1, 0.15) is 47.0 Å². The van der Waals surface area contributed by atoms with Gasteiger partial charge in [-0.15, -0.1) is 0 Å². The number of carboxylic acids is 1. The molecule has 0 aromatic rings. The number of hydrogen-bond donors (Lipinski definition) is 4. The molecule has 5 atom stereocenters. The van der Waals surface area contributed by atoms with E-state index >= 15 is 0 Å². The second-order valence-corrected chi connectivity index (χ2v) is 18.7. The SMILES string of the molecule is C.C.C.CC(C)(C)OC(=O)N1C=CC[C@H]1C(N)=O.CCOC(=O)[C@@H]1CC=CN1C(=O)OC(C)(C)C.CCOC(=O)[C@@H]1CCC(=O)N1.CCOC(=O)[C@@H]1CCC(=O)N1C(=O)OC(C)(C)C.F.O=C1CC[C@@H](C(=O)O)N1. The molecule has 0 bridgehead atoms. The monoisotopic (exact) mass is 1060 g/mol. The van der Waals surface area contributed by atoms with Crippen LogP contribution in [0.3, 0.4) is 0 Å². The summed E-state index contributed by atoms with van der Waals surface area (Å²) in [5, 5.41) is 13.2. The van der Waals surface area contributed by atoms with Crippen LogP contribution in [-0.2, 0) is 66.8 Å². The van der Waals surface area contributed by atoms with Crippen molar-refractivity contribution in [2.45, 2.75) is 204 Å². The van der Waals surface area contributed by atoms with Crippen molar-refractivity contribution in [3.8, 4) is 0 Å². The van der Waals surface area contributed by atoms with Gasteiger partial charge in [0, 0.05) is 31.7 Å². The Morgan fingerprint density at radius 3 is 1.28 bits per heavy atom. The first-order valence-corrected chi connectivity index (χ1v) is 22.9. The molecule has 5 rings (SSSR count). The molecule has 5 aliphatic heterocycles. The van der Waals surface area contributed by atoms with E-state index in [1.54, 1.807) is 101 Å². The van der Waals surface area contributed by atoms with Gasteiger partial charge < -0.3 is 49.9 Å². The molecule has 426 valence electrons.